The van der Waals surface area contributed by atoms with Crippen LogP contribution >= 0.6 is 22.6 Å². The molecular formula is C12H7IN2O3. The first kappa shape index (κ1) is 12.6. The Labute approximate surface area is 116 Å². The number of nitrogens with zero attached hydrogens (tertiary/aromatic N) is 2. The topological polar surface area (TPSA) is 73.1 Å². The zero-order chi connectivity index (χ0) is 13.1. The molecule has 90 valence electrons. The van der Waals surface area contributed by atoms with E-state index < -0.39 is 4.92 Å². The molecule has 6 heteroatoms. The van der Waals surface area contributed by atoms with Crippen molar-refractivity contribution in [2.24, 2.45) is 0 Å². The molecule has 1 heterocycles. The molecule has 0 aliphatic heterocycles. The number of carbonyl (C=O) groups is 1. The standard InChI is InChI=1S/C12H7IN2O3/c13-11-2-1-9(15(17)18)7-10(11)12(16)8-3-5-14-6-4-8/h1-7H. The Kier molecular flexibility index (Phi) is 3.66. The van der Waals surface area contributed by atoms with Gasteiger partial charge in [0.05, 0.1) is 4.92 Å². The molecule has 0 saturated carbocycles. The Bertz CT molecular complexity index is 614. The molecule has 0 atom stereocenters. The summed E-state index contributed by atoms with van der Waals surface area (Å²) in [7, 11) is 0. The van der Waals surface area contributed by atoms with Gasteiger partial charge in [-0.1, -0.05) is 0 Å². The van der Waals surface area contributed by atoms with Crippen molar-refractivity contribution in [2.45, 2.75) is 0 Å². The molecule has 0 fully saturated rings. The van der Waals surface area contributed by atoms with Gasteiger partial charge in [0.2, 0.25) is 0 Å². The van der Waals surface area contributed by atoms with Gasteiger partial charge in [-0.3, -0.25) is 19.9 Å². The maximum Gasteiger partial charge on any atom is 0.270 e. The zero-order valence-corrected chi connectivity index (χ0v) is 11.2. The molecule has 2 aromatic rings. The molecule has 2 rings (SSSR count). The van der Waals surface area contributed by atoms with Crippen molar-refractivity contribution in [3.63, 3.8) is 0 Å². The van der Waals surface area contributed by atoms with Crippen LogP contribution in [0.3, 0.4) is 0 Å². The van der Waals surface area contributed by atoms with E-state index in [0.29, 0.717) is 14.7 Å². The number of ketones is 1. The van der Waals surface area contributed by atoms with E-state index in [2.05, 4.69) is 4.98 Å². The summed E-state index contributed by atoms with van der Waals surface area (Å²) in [5, 5.41) is 10.7. The lowest BCUT2D eigenvalue weighted by atomic mass is 10.0. The molecule has 18 heavy (non-hydrogen) atoms. The second-order valence-corrected chi connectivity index (χ2v) is 4.65. The van der Waals surface area contributed by atoms with E-state index in [4.69, 9.17) is 0 Å². The van der Waals surface area contributed by atoms with Gasteiger partial charge in [-0.2, -0.15) is 0 Å². The van der Waals surface area contributed by atoms with E-state index in [-0.39, 0.29) is 11.5 Å². The minimum Gasteiger partial charge on any atom is -0.289 e. The smallest absolute Gasteiger partial charge is 0.270 e. The average molecular weight is 354 g/mol. The summed E-state index contributed by atoms with van der Waals surface area (Å²) in [5.74, 6) is -0.245. The van der Waals surface area contributed by atoms with E-state index in [1.54, 1.807) is 18.2 Å². The monoisotopic (exact) mass is 354 g/mol. The van der Waals surface area contributed by atoms with Gasteiger partial charge >= 0.3 is 0 Å². The number of non-ortho nitro benzene ring substituents is 1. The molecule has 0 saturated heterocycles. The minimum atomic E-state index is -0.514. The van der Waals surface area contributed by atoms with Crippen molar-refractivity contribution in [3.05, 3.63) is 67.5 Å². The van der Waals surface area contributed by atoms with E-state index in [1.807, 2.05) is 22.6 Å². The van der Waals surface area contributed by atoms with Crippen LogP contribution in [0.15, 0.2) is 42.7 Å². The second-order valence-electron chi connectivity index (χ2n) is 3.49. The quantitative estimate of drug-likeness (QED) is 0.368. The van der Waals surface area contributed by atoms with E-state index in [0.717, 1.165) is 0 Å². The number of rotatable bonds is 3. The number of benzene rings is 1. The van der Waals surface area contributed by atoms with Crippen LogP contribution in [0.4, 0.5) is 5.69 Å². The number of nitro groups is 1. The van der Waals surface area contributed by atoms with Gasteiger partial charge in [-0.15, -0.1) is 0 Å². The summed E-state index contributed by atoms with van der Waals surface area (Å²) < 4.78 is 0.681. The molecule has 1 aromatic carbocycles. The first-order chi connectivity index (χ1) is 8.59. The molecule has 0 spiro atoms. The van der Waals surface area contributed by atoms with Crippen LogP contribution in [0.2, 0.25) is 0 Å². The van der Waals surface area contributed by atoms with Gasteiger partial charge in [-0.05, 0) is 40.8 Å². The van der Waals surface area contributed by atoms with E-state index in [1.165, 1.54) is 24.5 Å². The third-order valence-corrected chi connectivity index (χ3v) is 3.29. The van der Waals surface area contributed by atoms with E-state index in [9.17, 15) is 14.9 Å². The van der Waals surface area contributed by atoms with Crippen molar-refractivity contribution in [2.75, 3.05) is 0 Å². The summed E-state index contributed by atoms with van der Waals surface area (Å²) in [5.41, 5.74) is 0.701. The van der Waals surface area contributed by atoms with Gasteiger partial charge in [0.15, 0.2) is 5.78 Å². The third kappa shape index (κ3) is 2.53. The predicted molar refractivity (Wildman–Crippen MR) is 73.5 cm³/mol. The first-order valence-electron chi connectivity index (χ1n) is 4.98. The number of aromatic nitrogens is 1. The zero-order valence-electron chi connectivity index (χ0n) is 9.04. The van der Waals surface area contributed by atoms with Gasteiger partial charge in [0, 0.05) is 39.2 Å². The molecule has 0 bridgehead atoms. The summed E-state index contributed by atoms with van der Waals surface area (Å²) >= 11 is 1.98. The van der Waals surface area contributed by atoms with Gasteiger partial charge in [0.25, 0.3) is 5.69 Å². The second kappa shape index (κ2) is 5.21. The summed E-state index contributed by atoms with van der Waals surface area (Å²) in [4.78, 5) is 26.2. The van der Waals surface area contributed by atoms with Gasteiger partial charge in [-0.25, -0.2) is 0 Å². The van der Waals surface area contributed by atoms with Crippen LogP contribution < -0.4 is 0 Å². The highest BCUT2D eigenvalue weighted by Crippen LogP contribution is 2.22. The van der Waals surface area contributed by atoms with Crippen LogP contribution in [0, 0.1) is 13.7 Å². The molecular weight excluding hydrogens is 347 g/mol. The molecule has 0 aliphatic carbocycles. The lowest BCUT2D eigenvalue weighted by Crippen LogP contribution is -2.04. The van der Waals surface area contributed by atoms with Crippen molar-refractivity contribution in [1.29, 1.82) is 0 Å². The first-order valence-corrected chi connectivity index (χ1v) is 6.06. The third-order valence-electron chi connectivity index (χ3n) is 2.35. The highest BCUT2D eigenvalue weighted by atomic mass is 127. The number of nitro benzene ring substituents is 1. The van der Waals surface area contributed by atoms with Crippen LogP contribution in [-0.2, 0) is 0 Å². The fourth-order valence-corrected chi connectivity index (χ4v) is 2.04. The molecule has 0 amide bonds. The maximum absolute atomic E-state index is 12.2. The number of pyridine rings is 1. The average Bonchev–Trinajstić information content (AvgIpc) is 2.39. The molecule has 0 unspecified atom stereocenters. The summed E-state index contributed by atoms with van der Waals surface area (Å²) in [6.45, 7) is 0. The van der Waals surface area contributed by atoms with Crippen molar-refractivity contribution >= 4 is 34.1 Å². The van der Waals surface area contributed by atoms with Crippen LogP contribution in [0.25, 0.3) is 0 Å². The normalized spacial score (nSPS) is 10.1. The predicted octanol–water partition coefficient (Wildman–Crippen LogP) is 2.83. The number of carbonyl (C=O) groups excluding carboxylic acids is 1. The summed E-state index contributed by atoms with van der Waals surface area (Å²) in [6.07, 6.45) is 3.02. The Hall–Kier alpha value is -1.83. The molecule has 0 N–H and O–H groups in total. The lowest BCUT2D eigenvalue weighted by molar-refractivity contribution is -0.384. The SMILES string of the molecule is O=C(c1ccncc1)c1cc([N+](=O)[O-])ccc1I. The van der Waals surface area contributed by atoms with E-state index >= 15 is 0 Å². The highest BCUT2D eigenvalue weighted by molar-refractivity contribution is 14.1. The highest BCUT2D eigenvalue weighted by Gasteiger charge is 2.16. The van der Waals surface area contributed by atoms with Crippen molar-refractivity contribution < 1.29 is 9.72 Å². The maximum atomic E-state index is 12.2. The molecule has 0 radical (unpaired) electrons. The lowest BCUT2D eigenvalue weighted by Gasteiger charge is -2.03. The minimum absolute atomic E-state index is 0.0900. The Balaban J connectivity index is 2.48. The molecule has 5 nitrogen and oxygen atoms in total. The fourth-order valence-electron chi connectivity index (χ4n) is 1.46. The largest absolute Gasteiger partial charge is 0.289 e. The molecule has 1 aromatic heterocycles. The van der Waals surface area contributed by atoms with Crippen molar-refractivity contribution in [1.82, 2.24) is 4.98 Å². The Morgan fingerprint density at radius 1 is 1.22 bits per heavy atom. The molecule has 0 aliphatic rings. The van der Waals surface area contributed by atoms with Gasteiger partial charge < -0.3 is 0 Å². The summed E-state index contributed by atoms with van der Waals surface area (Å²) in [6, 6.07) is 7.40. The Morgan fingerprint density at radius 3 is 2.50 bits per heavy atom. The fraction of sp³-hybridized carbons (Fsp3) is 0. The van der Waals surface area contributed by atoms with Crippen LogP contribution in [0.5, 0.6) is 0 Å². The number of halogens is 1. The van der Waals surface area contributed by atoms with Crippen molar-refractivity contribution in [3.8, 4) is 0 Å². The van der Waals surface area contributed by atoms with Crippen LogP contribution in [0.1, 0.15) is 15.9 Å². The van der Waals surface area contributed by atoms with Gasteiger partial charge in [0.1, 0.15) is 0 Å². The Morgan fingerprint density at radius 2 is 1.89 bits per heavy atom. The van der Waals surface area contributed by atoms with Crippen LogP contribution in [-0.4, -0.2) is 15.7 Å². The number of hydrogen-bond acceptors (Lipinski definition) is 4. The number of hydrogen-bond donors (Lipinski definition) is 0.